The Hall–Kier alpha value is 0.270. The molecule has 0 aliphatic carbocycles. The summed E-state index contributed by atoms with van der Waals surface area (Å²) in [5.74, 6) is -3.47. The monoisotopic (exact) mass is 211 g/mol. The standard InChI is InChI=1S/C8H20O4P/c1-5(9)13(6(2)10,7(3)11)8(4)12/h5-12H,1-4H3/q+1. The van der Waals surface area contributed by atoms with Crippen molar-refractivity contribution in [3.63, 3.8) is 0 Å². The van der Waals surface area contributed by atoms with Crippen molar-refractivity contribution in [1.82, 2.24) is 0 Å². The molecule has 0 aromatic rings. The maximum Gasteiger partial charge on any atom is 0.169 e. The minimum atomic E-state index is -2.56. The molecule has 4 unspecified atom stereocenters. The maximum absolute atomic E-state index is 9.54. The lowest BCUT2D eigenvalue weighted by Gasteiger charge is -2.36. The van der Waals surface area contributed by atoms with Gasteiger partial charge in [0.25, 0.3) is 0 Å². The summed E-state index contributed by atoms with van der Waals surface area (Å²) in [5, 5.41) is 38.2. The summed E-state index contributed by atoms with van der Waals surface area (Å²) in [6, 6.07) is 0. The number of aliphatic hydroxyl groups is 4. The van der Waals surface area contributed by atoms with Gasteiger partial charge in [-0.05, 0) is 27.7 Å². The molecule has 0 bridgehead atoms. The lowest BCUT2D eigenvalue weighted by Crippen LogP contribution is -2.34. The zero-order chi connectivity index (χ0) is 10.8. The van der Waals surface area contributed by atoms with E-state index in [1.165, 1.54) is 27.7 Å². The molecule has 0 aliphatic heterocycles. The van der Waals surface area contributed by atoms with E-state index in [2.05, 4.69) is 0 Å². The summed E-state index contributed by atoms with van der Waals surface area (Å²) in [5.41, 5.74) is 0. The van der Waals surface area contributed by atoms with Crippen LogP contribution in [-0.2, 0) is 0 Å². The van der Waals surface area contributed by atoms with Crippen molar-refractivity contribution in [2.24, 2.45) is 0 Å². The van der Waals surface area contributed by atoms with E-state index in [-0.39, 0.29) is 0 Å². The van der Waals surface area contributed by atoms with Gasteiger partial charge in [0.15, 0.2) is 23.4 Å². The first kappa shape index (κ1) is 13.3. The molecule has 0 radical (unpaired) electrons. The first-order chi connectivity index (χ1) is 5.77. The maximum atomic E-state index is 9.54. The summed E-state index contributed by atoms with van der Waals surface area (Å²) in [4.78, 5) is 0. The van der Waals surface area contributed by atoms with Crippen molar-refractivity contribution in [3.8, 4) is 0 Å². The fourth-order valence-corrected chi connectivity index (χ4v) is 5.62. The molecule has 0 spiro atoms. The Labute approximate surface area is 79.6 Å². The van der Waals surface area contributed by atoms with Crippen molar-refractivity contribution in [2.75, 3.05) is 0 Å². The van der Waals surface area contributed by atoms with E-state index in [0.717, 1.165) is 0 Å². The third-order valence-corrected chi connectivity index (χ3v) is 7.77. The predicted octanol–water partition coefficient (Wildman–Crippen LogP) is 0.357. The highest BCUT2D eigenvalue weighted by Crippen LogP contribution is 2.70. The van der Waals surface area contributed by atoms with E-state index in [4.69, 9.17) is 0 Å². The molecule has 4 N–H and O–H groups in total. The van der Waals surface area contributed by atoms with Gasteiger partial charge in [-0.25, -0.2) is 0 Å². The molecule has 0 aliphatic rings. The number of hydrogen-bond acceptors (Lipinski definition) is 4. The normalized spacial score (nSPS) is 25.8. The Morgan fingerprint density at radius 3 is 0.769 bits per heavy atom. The largest absolute Gasteiger partial charge is 0.359 e. The quantitative estimate of drug-likeness (QED) is 0.506. The van der Waals surface area contributed by atoms with E-state index >= 15 is 0 Å². The first-order valence-electron chi connectivity index (χ1n) is 4.37. The molecule has 0 rings (SSSR count). The van der Waals surface area contributed by atoms with Crippen LogP contribution in [0.4, 0.5) is 0 Å². The molecule has 5 heteroatoms. The van der Waals surface area contributed by atoms with Crippen molar-refractivity contribution in [2.45, 2.75) is 51.1 Å². The van der Waals surface area contributed by atoms with E-state index in [9.17, 15) is 20.4 Å². The second-order valence-corrected chi connectivity index (χ2v) is 8.20. The molecule has 0 fully saturated rings. The van der Waals surface area contributed by atoms with Gasteiger partial charge in [0.2, 0.25) is 0 Å². The Kier molecular flexibility index (Phi) is 4.77. The zero-order valence-corrected chi connectivity index (χ0v) is 9.44. The van der Waals surface area contributed by atoms with Crippen molar-refractivity contribution >= 4 is 7.26 Å². The molecule has 0 aromatic heterocycles. The van der Waals surface area contributed by atoms with E-state index in [1.54, 1.807) is 0 Å². The van der Waals surface area contributed by atoms with E-state index < -0.39 is 30.6 Å². The second-order valence-electron chi connectivity index (χ2n) is 3.42. The number of rotatable bonds is 4. The smallest absolute Gasteiger partial charge is 0.169 e. The predicted molar refractivity (Wildman–Crippen MR) is 53.6 cm³/mol. The summed E-state index contributed by atoms with van der Waals surface area (Å²) in [6.45, 7) is 6.00. The van der Waals surface area contributed by atoms with Gasteiger partial charge in [-0.1, -0.05) is 0 Å². The van der Waals surface area contributed by atoms with Gasteiger partial charge in [-0.2, -0.15) is 0 Å². The minimum absolute atomic E-state index is 0.868. The first-order valence-corrected chi connectivity index (χ1v) is 6.44. The van der Waals surface area contributed by atoms with Gasteiger partial charge in [0.05, 0.1) is 0 Å². The van der Waals surface area contributed by atoms with Crippen LogP contribution in [0.15, 0.2) is 0 Å². The van der Waals surface area contributed by atoms with Crippen molar-refractivity contribution in [3.05, 3.63) is 0 Å². The highest BCUT2D eigenvalue weighted by Gasteiger charge is 2.56. The zero-order valence-electron chi connectivity index (χ0n) is 8.55. The lowest BCUT2D eigenvalue weighted by molar-refractivity contribution is 0.175. The summed E-state index contributed by atoms with van der Waals surface area (Å²) in [7, 11) is -2.56. The molecule has 0 saturated carbocycles. The average molecular weight is 211 g/mol. The Bertz CT molecular complexity index is 119. The molecular formula is C8H20O4P+. The van der Waals surface area contributed by atoms with Gasteiger partial charge in [-0.15, -0.1) is 0 Å². The van der Waals surface area contributed by atoms with Gasteiger partial charge < -0.3 is 20.4 Å². The SMILES string of the molecule is CC(O)[P+](C(C)O)(C(C)O)C(C)O. The van der Waals surface area contributed by atoms with E-state index in [0.29, 0.717) is 0 Å². The number of aliphatic hydroxyl groups excluding tert-OH is 4. The van der Waals surface area contributed by atoms with Crippen LogP contribution in [0.25, 0.3) is 0 Å². The fourth-order valence-electron chi connectivity index (χ4n) is 1.87. The molecule has 4 nitrogen and oxygen atoms in total. The Morgan fingerprint density at radius 1 is 0.615 bits per heavy atom. The molecule has 0 amide bonds. The molecule has 80 valence electrons. The summed E-state index contributed by atoms with van der Waals surface area (Å²) < 4.78 is 0. The van der Waals surface area contributed by atoms with Gasteiger partial charge in [-0.3, -0.25) is 0 Å². The topological polar surface area (TPSA) is 80.9 Å². The van der Waals surface area contributed by atoms with Crippen molar-refractivity contribution in [1.29, 1.82) is 0 Å². The molecule has 4 atom stereocenters. The highest BCUT2D eigenvalue weighted by atomic mass is 31.2. The molecule has 0 aromatic carbocycles. The third kappa shape index (κ3) is 2.20. The highest BCUT2D eigenvalue weighted by molar-refractivity contribution is 7.77. The number of hydrogen-bond donors (Lipinski definition) is 4. The summed E-state index contributed by atoms with van der Waals surface area (Å²) in [6.07, 6.45) is 0. The van der Waals surface area contributed by atoms with Crippen LogP contribution in [-0.4, -0.2) is 43.8 Å². The van der Waals surface area contributed by atoms with E-state index in [1.807, 2.05) is 0 Å². The molecule has 0 heterocycles. The van der Waals surface area contributed by atoms with Gasteiger partial charge in [0.1, 0.15) is 7.26 Å². The molecule has 13 heavy (non-hydrogen) atoms. The van der Waals surface area contributed by atoms with Crippen LogP contribution < -0.4 is 0 Å². The van der Waals surface area contributed by atoms with Crippen LogP contribution in [0, 0.1) is 0 Å². The summed E-state index contributed by atoms with van der Waals surface area (Å²) >= 11 is 0. The van der Waals surface area contributed by atoms with Crippen LogP contribution in [0.3, 0.4) is 0 Å². The Morgan fingerprint density at radius 2 is 0.769 bits per heavy atom. The molecular weight excluding hydrogens is 191 g/mol. The van der Waals surface area contributed by atoms with Gasteiger partial charge in [0, 0.05) is 0 Å². The average Bonchev–Trinajstić information content (AvgIpc) is 1.82. The van der Waals surface area contributed by atoms with Crippen LogP contribution >= 0.6 is 7.26 Å². The second kappa shape index (κ2) is 4.67. The van der Waals surface area contributed by atoms with Crippen LogP contribution in [0.2, 0.25) is 0 Å². The third-order valence-electron chi connectivity index (χ3n) is 2.59. The van der Waals surface area contributed by atoms with Crippen LogP contribution in [0.1, 0.15) is 27.7 Å². The minimum Gasteiger partial charge on any atom is -0.359 e. The van der Waals surface area contributed by atoms with Crippen LogP contribution in [0.5, 0.6) is 0 Å². The molecule has 0 saturated heterocycles. The van der Waals surface area contributed by atoms with Crippen molar-refractivity contribution < 1.29 is 20.4 Å². The Balaban J connectivity index is 5.06. The lowest BCUT2D eigenvalue weighted by atomic mass is 10.8. The fraction of sp³-hybridized carbons (Fsp3) is 1.00. The van der Waals surface area contributed by atoms with Gasteiger partial charge >= 0.3 is 0 Å².